The highest BCUT2D eigenvalue weighted by atomic mass is 15.3. The first-order chi connectivity index (χ1) is 8.11. The van der Waals surface area contributed by atoms with Crippen LogP contribution < -0.4 is 10.6 Å². The van der Waals surface area contributed by atoms with Gasteiger partial charge in [-0.2, -0.15) is 0 Å². The fourth-order valence-corrected chi connectivity index (χ4v) is 2.21. The SMILES string of the molecule is CC1CN(c2cnc(CN)cn2)CC(C)N1C. The molecule has 2 atom stereocenters. The van der Waals surface area contributed by atoms with Gasteiger partial charge in [-0.3, -0.25) is 9.88 Å². The Labute approximate surface area is 103 Å². The third-order valence-electron chi connectivity index (χ3n) is 3.58. The molecule has 0 amide bonds. The first-order valence-electron chi connectivity index (χ1n) is 6.09. The van der Waals surface area contributed by atoms with Crippen molar-refractivity contribution in [3.63, 3.8) is 0 Å². The van der Waals surface area contributed by atoms with Gasteiger partial charge in [-0.15, -0.1) is 0 Å². The van der Waals surface area contributed by atoms with Gasteiger partial charge in [0, 0.05) is 31.7 Å². The average molecular weight is 235 g/mol. The molecule has 2 unspecified atom stereocenters. The van der Waals surface area contributed by atoms with E-state index in [2.05, 4.69) is 40.7 Å². The van der Waals surface area contributed by atoms with Crippen LogP contribution in [0.2, 0.25) is 0 Å². The van der Waals surface area contributed by atoms with Crippen molar-refractivity contribution in [1.82, 2.24) is 14.9 Å². The zero-order valence-electron chi connectivity index (χ0n) is 10.8. The summed E-state index contributed by atoms with van der Waals surface area (Å²) in [5.74, 6) is 0.953. The first-order valence-corrected chi connectivity index (χ1v) is 6.09. The highest BCUT2D eigenvalue weighted by molar-refractivity contribution is 5.37. The molecule has 0 bridgehead atoms. The molecule has 0 radical (unpaired) electrons. The second-order valence-electron chi connectivity index (χ2n) is 4.84. The molecule has 5 heteroatoms. The van der Waals surface area contributed by atoms with Crippen molar-refractivity contribution in [2.45, 2.75) is 32.5 Å². The number of rotatable bonds is 2. The van der Waals surface area contributed by atoms with Crippen LogP contribution >= 0.6 is 0 Å². The summed E-state index contributed by atoms with van der Waals surface area (Å²) >= 11 is 0. The number of nitrogens with two attached hydrogens (primary N) is 1. The van der Waals surface area contributed by atoms with Crippen molar-refractivity contribution >= 4 is 5.82 Å². The van der Waals surface area contributed by atoms with E-state index in [4.69, 9.17) is 5.73 Å². The minimum absolute atomic E-state index is 0.447. The molecule has 17 heavy (non-hydrogen) atoms. The van der Waals surface area contributed by atoms with Crippen LogP contribution in [0.5, 0.6) is 0 Å². The van der Waals surface area contributed by atoms with E-state index in [-0.39, 0.29) is 0 Å². The Hall–Kier alpha value is -1.20. The van der Waals surface area contributed by atoms with Crippen LogP contribution in [0.3, 0.4) is 0 Å². The molecule has 94 valence electrons. The van der Waals surface area contributed by atoms with Crippen molar-refractivity contribution in [2.75, 3.05) is 25.0 Å². The van der Waals surface area contributed by atoms with Gasteiger partial charge in [-0.05, 0) is 20.9 Å². The fourth-order valence-electron chi connectivity index (χ4n) is 2.21. The molecule has 0 saturated carbocycles. The molecule has 0 aliphatic carbocycles. The summed E-state index contributed by atoms with van der Waals surface area (Å²) in [4.78, 5) is 13.4. The lowest BCUT2D eigenvalue weighted by Gasteiger charge is -2.42. The maximum absolute atomic E-state index is 5.52. The maximum atomic E-state index is 5.52. The summed E-state index contributed by atoms with van der Waals surface area (Å²) in [5.41, 5.74) is 6.35. The fraction of sp³-hybridized carbons (Fsp3) is 0.667. The summed E-state index contributed by atoms with van der Waals surface area (Å²) in [6.45, 7) is 6.92. The second-order valence-corrected chi connectivity index (χ2v) is 4.84. The van der Waals surface area contributed by atoms with Gasteiger partial charge in [0.25, 0.3) is 0 Å². The monoisotopic (exact) mass is 235 g/mol. The van der Waals surface area contributed by atoms with E-state index in [1.165, 1.54) is 0 Å². The quantitative estimate of drug-likeness (QED) is 0.807. The molecular weight excluding hydrogens is 214 g/mol. The maximum Gasteiger partial charge on any atom is 0.147 e. The Morgan fingerprint density at radius 2 is 1.88 bits per heavy atom. The van der Waals surface area contributed by atoms with Gasteiger partial charge in [-0.25, -0.2) is 4.98 Å². The van der Waals surface area contributed by atoms with E-state index in [9.17, 15) is 0 Å². The lowest BCUT2D eigenvalue weighted by Crippen LogP contribution is -2.55. The molecule has 1 aliphatic rings. The number of nitrogens with zero attached hydrogens (tertiary/aromatic N) is 4. The largest absolute Gasteiger partial charge is 0.352 e. The number of hydrogen-bond donors (Lipinski definition) is 1. The lowest BCUT2D eigenvalue weighted by atomic mass is 10.1. The number of aromatic nitrogens is 2. The van der Waals surface area contributed by atoms with Crippen LogP contribution in [-0.2, 0) is 6.54 Å². The van der Waals surface area contributed by atoms with E-state index in [0.717, 1.165) is 24.6 Å². The van der Waals surface area contributed by atoms with E-state index >= 15 is 0 Å². The Morgan fingerprint density at radius 3 is 2.35 bits per heavy atom. The molecule has 1 aromatic heterocycles. The predicted octanol–water partition coefficient (Wildman–Crippen LogP) is 0.464. The van der Waals surface area contributed by atoms with Crippen molar-refractivity contribution in [3.8, 4) is 0 Å². The van der Waals surface area contributed by atoms with Crippen molar-refractivity contribution in [3.05, 3.63) is 18.1 Å². The molecule has 0 spiro atoms. The normalized spacial score (nSPS) is 26.2. The van der Waals surface area contributed by atoms with Crippen LogP contribution in [0.25, 0.3) is 0 Å². The number of piperazine rings is 1. The van der Waals surface area contributed by atoms with E-state index in [0.29, 0.717) is 18.6 Å². The molecule has 2 N–H and O–H groups in total. The molecule has 1 aromatic rings. The molecular formula is C12H21N5. The highest BCUT2D eigenvalue weighted by Gasteiger charge is 2.27. The Morgan fingerprint density at radius 1 is 1.24 bits per heavy atom. The zero-order chi connectivity index (χ0) is 12.4. The molecule has 0 aromatic carbocycles. The van der Waals surface area contributed by atoms with Crippen molar-refractivity contribution < 1.29 is 0 Å². The summed E-state index contributed by atoms with van der Waals surface area (Å²) in [7, 11) is 2.18. The summed E-state index contributed by atoms with van der Waals surface area (Å²) < 4.78 is 0. The van der Waals surface area contributed by atoms with Gasteiger partial charge in [-0.1, -0.05) is 0 Å². The topological polar surface area (TPSA) is 58.3 Å². The minimum Gasteiger partial charge on any atom is -0.352 e. The van der Waals surface area contributed by atoms with Crippen molar-refractivity contribution in [1.29, 1.82) is 0 Å². The Kier molecular flexibility index (Phi) is 3.59. The minimum atomic E-state index is 0.447. The molecule has 2 heterocycles. The zero-order valence-corrected chi connectivity index (χ0v) is 10.8. The third-order valence-corrected chi connectivity index (χ3v) is 3.58. The highest BCUT2D eigenvalue weighted by Crippen LogP contribution is 2.18. The molecule has 2 rings (SSSR count). The van der Waals surface area contributed by atoms with Crippen LogP contribution in [0, 0.1) is 0 Å². The van der Waals surface area contributed by atoms with Crippen LogP contribution in [0.4, 0.5) is 5.82 Å². The van der Waals surface area contributed by atoms with Crippen LogP contribution in [-0.4, -0.2) is 47.1 Å². The van der Waals surface area contributed by atoms with E-state index in [1.807, 2.05) is 6.20 Å². The standard InChI is InChI=1S/C12H21N5/c1-9-7-17(8-10(2)16(9)3)12-6-14-11(4-13)5-15-12/h5-6,9-10H,4,7-8,13H2,1-3H3. The summed E-state index contributed by atoms with van der Waals surface area (Å²) in [6.07, 6.45) is 3.59. The van der Waals surface area contributed by atoms with Crippen LogP contribution in [0.1, 0.15) is 19.5 Å². The second kappa shape index (κ2) is 4.98. The van der Waals surface area contributed by atoms with E-state index < -0.39 is 0 Å². The van der Waals surface area contributed by atoms with Gasteiger partial charge in [0.1, 0.15) is 5.82 Å². The van der Waals surface area contributed by atoms with Gasteiger partial charge >= 0.3 is 0 Å². The summed E-state index contributed by atoms with van der Waals surface area (Å²) in [6, 6.07) is 1.07. The van der Waals surface area contributed by atoms with E-state index in [1.54, 1.807) is 6.20 Å². The summed E-state index contributed by atoms with van der Waals surface area (Å²) in [5, 5.41) is 0. The Balaban J connectivity index is 2.11. The van der Waals surface area contributed by atoms with Gasteiger partial charge in [0.05, 0.1) is 18.1 Å². The smallest absolute Gasteiger partial charge is 0.147 e. The first kappa shape index (κ1) is 12.3. The van der Waals surface area contributed by atoms with Gasteiger partial charge in [0.15, 0.2) is 0 Å². The number of hydrogen-bond acceptors (Lipinski definition) is 5. The van der Waals surface area contributed by atoms with Crippen molar-refractivity contribution in [2.24, 2.45) is 5.73 Å². The predicted molar refractivity (Wildman–Crippen MR) is 68.8 cm³/mol. The molecule has 5 nitrogen and oxygen atoms in total. The number of likely N-dealkylation sites (N-methyl/N-ethyl adjacent to an activating group) is 1. The molecule has 1 saturated heterocycles. The van der Waals surface area contributed by atoms with Gasteiger partial charge in [0.2, 0.25) is 0 Å². The van der Waals surface area contributed by atoms with Crippen LogP contribution in [0.15, 0.2) is 12.4 Å². The van der Waals surface area contributed by atoms with Gasteiger partial charge < -0.3 is 10.6 Å². The Bertz CT molecular complexity index is 352. The third kappa shape index (κ3) is 2.56. The molecule has 1 fully saturated rings. The lowest BCUT2D eigenvalue weighted by molar-refractivity contribution is 0.169. The number of anilines is 1. The average Bonchev–Trinajstić information content (AvgIpc) is 2.35. The molecule has 1 aliphatic heterocycles.